The van der Waals surface area contributed by atoms with E-state index < -0.39 is 5.43 Å². The number of hydrogen-bond donors (Lipinski definition) is 2. The molecule has 0 aliphatic rings. The number of aromatic nitrogens is 3. The van der Waals surface area contributed by atoms with Gasteiger partial charge in [0.25, 0.3) is 0 Å². The molecule has 0 saturated heterocycles. The number of aromatic hydroxyl groups is 1. The van der Waals surface area contributed by atoms with Crippen LogP contribution >= 0.6 is 11.6 Å². The van der Waals surface area contributed by atoms with E-state index in [1.165, 1.54) is 6.20 Å². The molecule has 0 radical (unpaired) electrons. The zero-order chi connectivity index (χ0) is 13.6. The van der Waals surface area contributed by atoms with E-state index >= 15 is 0 Å². The summed E-state index contributed by atoms with van der Waals surface area (Å²) >= 11 is 5.92. The SMILES string of the molecule is Cn1ncc2c(=O)c(O)c(-c3cccc(Cl)c3)[nH]c21. The molecule has 0 bridgehead atoms. The third kappa shape index (κ3) is 1.79. The quantitative estimate of drug-likeness (QED) is 0.716. The van der Waals surface area contributed by atoms with Crippen molar-refractivity contribution < 1.29 is 5.11 Å². The van der Waals surface area contributed by atoms with Gasteiger partial charge in [-0.15, -0.1) is 0 Å². The Morgan fingerprint density at radius 2 is 2.21 bits per heavy atom. The normalized spacial score (nSPS) is 11.1. The minimum Gasteiger partial charge on any atom is -0.503 e. The van der Waals surface area contributed by atoms with Crippen LogP contribution in [0.2, 0.25) is 5.02 Å². The van der Waals surface area contributed by atoms with Gasteiger partial charge in [0.15, 0.2) is 5.75 Å². The number of aryl methyl sites for hydroxylation is 1. The number of fused-ring (bicyclic) bond motifs is 1. The van der Waals surface area contributed by atoms with Gasteiger partial charge < -0.3 is 10.1 Å². The largest absolute Gasteiger partial charge is 0.503 e. The summed E-state index contributed by atoms with van der Waals surface area (Å²) in [5, 5.41) is 14.9. The molecule has 2 N–H and O–H groups in total. The number of aromatic amines is 1. The molecule has 2 heterocycles. The highest BCUT2D eigenvalue weighted by atomic mass is 35.5. The van der Waals surface area contributed by atoms with Crippen molar-refractivity contribution in [1.29, 1.82) is 0 Å². The number of nitrogens with one attached hydrogen (secondary N) is 1. The Bertz CT molecular complexity index is 836. The first-order valence-corrected chi connectivity index (χ1v) is 5.98. The third-order valence-corrected chi connectivity index (χ3v) is 3.23. The summed E-state index contributed by atoms with van der Waals surface area (Å²) in [6.45, 7) is 0. The highest BCUT2D eigenvalue weighted by Crippen LogP contribution is 2.28. The molecule has 2 aromatic heterocycles. The molecule has 19 heavy (non-hydrogen) atoms. The average Bonchev–Trinajstić information content (AvgIpc) is 2.75. The van der Waals surface area contributed by atoms with Crippen molar-refractivity contribution in [2.45, 2.75) is 0 Å². The molecule has 96 valence electrons. The highest BCUT2D eigenvalue weighted by molar-refractivity contribution is 6.30. The second kappa shape index (κ2) is 4.13. The molecule has 0 aliphatic carbocycles. The minimum absolute atomic E-state index is 0.331. The summed E-state index contributed by atoms with van der Waals surface area (Å²) in [5.74, 6) is -0.331. The second-order valence-corrected chi connectivity index (χ2v) is 4.65. The predicted octanol–water partition coefficient (Wildman–Crippen LogP) is 2.29. The van der Waals surface area contributed by atoms with E-state index in [-0.39, 0.29) is 5.75 Å². The van der Waals surface area contributed by atoms with Crippen molar-refractivity contribution in [2.75, 3.05) is 0 Å². The van der Waals surface area contributed by atoms with E-state index in [4.69, 9.17) is 11.6 Å². The maximum absolute atomic E-state index is 12.1. The summed E-state index contributed by atoms with van der Waals surface area (Å²) in [5.41, 5.74) is 1.09. The van der Waals surface area contributed by atoms with E-state index in [1.54, 1.807) is 36.0 Å². The molecule has 0 spiro atoms. The summed E-state index contributed by atoms with van der Waals surface area (Å²) < 4.78 is 1.55. The molecule has 1 aromatic carbocycles. The topological polar surface area (TPSA) is 70.9 Å². The number of nitrogens with zero attached hydrogens (tertiary/aromatic N) is 2. The number of halogens is 1. The molecule has 0 aliphatic heterocycles. The Morgan fingerprint density at radius 1 is 1.42 bits per heavy atom. The first kappa shape index (κ1) is 11.8. The van der Waals surface area contributed by atoms with E-state index in [2.05, 4.69) is 10.1 Å². The van der Waals surface area contributed by atoms with Crippen LogP contribution in [0.3, 0.4) is 0 Å². The Labute approximate surface area is 113 Å². The van der Waals surface area contributed by atoms with Gasteiger partial charge in [-0.05, 0) is 12.1 Å². The predicted molar refractivity (Wildman–Crippen MR) is 73.4 cm³/mol. The standard InChI is InChI=1S/C13H10ClN3O2/c1-17-13-9(6-15-17)11(18)12(19)10(16-13)7-3-2-4-8(14)5-7/h2-6,19H,1H3,(H,16,18). The second-order valence-electron chi connectivity index (χ2n) is 4.22. The van der Waals surface area contributed by atoms with Crippen LogP contribution in [0.15, 0.2) is 35.3 Å². The first-order chi connectivity index (χ1) is 9.08. The number of H-pyrrole nitrogens is 1. The molecule has 3 aromatic rings. The monoisotopic (exact) mass is 275 g/mol. The number of rotatable bonds is 1. The van der Waals surface area contributed by atoms with Gasteiger partial charge in [0.2, 0.25) is 5.43 Å². The smallest absolute Gasteiger partial charge is 0.234 e. The van der Waals surface area contributed by atoms with Crippen molar-refractivity contribution in [2.24, 2.45) is 7.05 Å². The van der Waals surface area contributed by atoms with E-state index in [1.807, 2.05) is 0 Å². The number of pyridine rings is 1. The van der Waals surface area contributed by atoms with Crippen LogP contribution in [-0.2, 0) is 7.05 Å². The first-order valence-electron chi connectivity index (χ1n) is 5.61. The third-order valence-electron chi connectivity index (χ3n) is 2.99. The molecule has 0 fully saturated rings. The van der Waals surface area contributed by atoms with Gasteiger partial charge in [0, 0.05) is 17.6 Å². The van der Waals surface area contributed by atoms with E-state index in [9.17, 15) is 9.90 Å². The lowest BCUT2D eigenvalue weighted by Crippen LogP contribution is -2.05. The maximum Gasteiger partial charge on any atom is 0.234 e. The van der Waals surface area contributed by atoms with Gasteiger partial charge in [0.05, 0.1) is 17.3 Å². The fourth-order valence-corrected chi connectivity index (χ4v) is 2.21. The van der Waals surface area contributed by atoms with Gasteiger partial charge in [-0.3, -0.25) is 9.48 Å². The molecule has 0 amide bonds. The summed E-state index contributed by atoms with van der Waals surface area (Å²) in [7, 11) is 1.72. The van der Waals surface area contributed by atoms with Gasteiger partial charge >= 0.3 is 0 Å². The summed E-state index contributed by atoms with van der Waals surface area (Å²) in [4.78, 5) is 15.1. The van der Waals surface area contributed by atoms with Crippen LogP contribution in [0.25, 0.3) is 22.3 Å². The van der Waals surface area contributed by atoms with Crippen LogP contribution in [0.4, 0.5) is 0 Å². The molecule has 3 rings (SSSR count). The lowest BCUT2D eigenvalue weighted by atomic mass is 10.1. The zero-order valence-electron chi connectivity index (χ0n) is 10.0. The molecule has 0 atom stereocenters. The Hall–Kier alpha value is -2.27. The van der Waals surface area contributed by atoms with Gasteiger partial charge in [-0.2, -0.15) is 5.10 Å². The van der Waals surface area contributed by atoms with Crippen molar-refractivity contribution in [3.05, 3.63) is 45.7 Å². The maximum atomic E-state index is 12.1. The minimum atomic E-state index is -0.447. The van der Waals surface area contributed by atoms with E-state index in [0.717, 1.165) is 0 Å². The van der Waals surface area contributed by atoms with Crippen LogP contribution in [0.5, 0.6) is 5.75 Å². The zero-order valence-corrected chi connectivity index (χ0v) is 10.8. The fourth-order valence-electron chi connectivity index (χ4n) is 2.02. The summed E-state index contributed by atoms with van der Waals surface area (Å²) in [6, 6.07) is 6.92. The molecular formula is C13H10ClN3O2. The van der Waals surface area contributed by atoms with E-state index in [0.29, 0.717) is 27.3 Å². The highest BCUT2D eigenvalue weighted by Gasteiger charge is 2.15. The lowest BCUT2D eigenvalue weighted by molar-refractivity contribution is 0.471. The van der Waals surface area contributed by atoms with Gasteiger partial charge in [-0.1, -0.05) is 23.7 Å². The van der Waals surface area contributed by atoms with Crippen LogP contribution < -0.4 is 5.43 Å². The van der Waals surface area contributed by atoms with Crippen molar-refractivity contribution >= 4 is 22.6 Å². The Kier molecular flexibility index (Phi) is 2.57. The lowest BCUT2D eigenvalue weighted by Gasteiger charge is -2.06. The number of benzene rings is 1. The van der Waals surface area contributed by atoms with Crippen LogP contribution in [-0.4, -0.2) is 19.9 Å². The van der Waals surface area contributed by atoms with Gasteiger partial charge in [-0.25, -0.2) is 0 Å². The Balaban J connectivity index is 2.38. The van der Waals surface area contributed by atoms with Crippen LogP contribution in [0, 0.1) is 0 Å². The molecular weight excluding hydrogens is 266 g/mol. The molecule has 0 unspecified atom stereocenters. The van der Waals surface area contributed by atoms with Gasteiger partial charge in [0.1, 0.15) is 5.65 Å². The van der Waals surface area contributed by atoms with Crippen LogP contribution in [0.1, 0.15) is 0 Å². The fraction of sp³-hybridized carbons (Fsp3) is 0.0769. The molecule has 6 heteroatoms. The molecule has 5 nitrogen and oxygen atoms in total. The molecule has 0 saturated carbocycles. The van der Waals surface area contributed by atoms with Crippen molar-refractivity contribution in [1.82, 2.24) is 14.8 Å². The average molecular weight is 276 g/mol. The van der Waals surface area contributed by atoms with Crippen molar-refractivity contribution in [3.8, 4) is 17.0 Å². The number of hydrogen-bond acceptors (Lipinski definition) is 3. The Morgan fingerprint density at radius 3 is 2.95 bits per heavy atom. The summed E-state index contributed by atoms with van der Waals surface area (Å²) in [6.07, 6.45) is 1.43. The van der Waals surface area contributed by atoms with Crippen molar-refractivity contribution in [3.63, 3.8) is 0 Å².